The summed E-state index contributed by atoms with van der Waals surface area (Å²) in [5.74, 6) is -1.34. The highest BCUT2D eigenvalue weighted by atomic mass is 79.9. The van der Waals surface area contributed by atoms with Crippen molar-refractivity contribution in [3.05, 3.63) is 39.5 Å². The van der Waals surface area contributed by atoms with Gasteiger partial charge in [-0.05, 0) is 34.1 Å². The molecule has 0 bridgehead atoms. The Balaban J connectivity index is 2.58. The smallest absolute Gasteiger partial charge is 0.355 e. The van der Waals surface area contributed by atoms with Crippen molar-refractivity contribution in [3.8, 4) is 6.07 Å². The zero-order valence-corrected chi connectivity index (χ0v) is 14.0. The van der Waals surface area contributed by atoms with Gasteiger partial charge in [0.15, 0.2) is 0 Å². The lowest BCUT2D eigenvalue weighted by atomic mass is 10.1. The molecule has 0 spiro atoms. The minimum Gasteiger partial charge on any atom is -0.466 e. The van der Waals surface area contributed by atoms with E-state index in [1.54, 1.807) is 18.2 Å². The molecule has 2 rings (SSSR count). The van der Waals surface area contributed by atoms with Crippen LogP contribution in [0.25, 0.3) is 0 Å². The summed E-state index contributed by atoms with van der Waals surface area (Å²) < 4.78 is 15.4. The Kier molecular flexibility index (Phi) is 5.36. The first-order valence-electron chi connectivity index (χ1n) is 6.48. The maximum Gasteiger partial charge on any atom is 0.355 e. The highest BCUT2D eigenvalue weighted by Crippen LogP contribution is 2.33. The van der Waals surface area contributed by atoms with E-state index >= 15 is 0 Å². The van der Waals surface area contributed by atoms with Gasteiger partial charge in [-0.3, -0.25) is 0 Å². The fourth-order valence-electron chi connectivity index (χ4n) is 2.13. The lowest BCUT2D eigenvalue weighted by Crippen LogP contribution is -2.39. The van der Waals surface area contributed by atoms with Gasteiger partial charge in [0.25, 0.3) is 0 Å². The predicted octanol–water partition coefficient (Wildman–Crippen LogP) is 1.71. The van der Waals surface area contributed by atoms with Crippen LogP contribution >= 0.6 is 15.9 Å². The zero-order chi connectivity index (χ0) is 17.0. The number of rotatable bonds is 3. The van der Waals surface area contributed by atoms with Gasteiger partial charge in [0.2, 0.25) is 0 Å². The van der Waals surface area contributed by atoms with E-state index in [2.05, 4.69) is 15.9 Å². The van der Waals surface area contributed by atoms with Crippen LogP contribution in [0.3, 0.4) is 0 Å². The first kappa shape index (κ1) is 17.0. The number of carbonyl (C=O) groups is 2. The van der Waals surface area contributed by atoms with Gasteiger partial charge in [0, 0.05) is 4.47 Å². The minimum atomic E-state index is -0.676. The summed E-state index contributed by atoms with van der Waals surface area (Å²) in [6.45, 7) is -0.00304. The van der Waals surface area contributed by atoms with Crippen LogP contribution in [-0.2, 0) is 23.8 Å². The first-order valence-corrected chi connectivity index (χ1v) is 7.27. The van der Waals surface area contributed by atoms with Crippen molar-refractivity contribution >= 4 is 33.6 Å². The summed E-state index contributed by atoms with van der Waals surface area (Å²) >= 11 is 3.36. The maximum atomic E-state index is 12.2. The topological polar surface area (TPSA) is 88.9 Å². The second-order valence-corrected chi connectivity index (χ2v) is 5.35. The average Bonchev–Trinajstić information content (AvgIpc) is 2.59. The number of methoxy groups -OCH3 is 2. The van der Waals surface area contributed by atoms with E-state index in [-0.39, 0.29) is 24.6 Å². The van der Waals surface area contributed by atoms with E-state index in [0.29, 0.717) is 15.7 Å². The number of esters is 2. The van der Waals surface area contributed by atoms with E-state index in [0.717, 1.165) is 0 Å². The molecule has 1 aromatic carbocycles. The van der Waals surface area contributed by atoms with E-state index < -0.39 is 11.9 Å². The van der Waals surface area contributed by atoms with Crippen LogP contribution in [0.15, 0.2) is 33.9 Å². The van der Waals surface area contributed by atoms with Crippen molar-refractivity contribution in [2.45, 2.75) is 0 Å². The molecule has 0 atom stereocenters. The second-order valence-electron chi connectivity index (χ2n) is 4.49. The summed E-state index contributed by atoms with van der Waals surface area (Å²) in [4.78, 5) is 25.6. The molecule has 0 fully saturated rings. The van der Waals surface area contributed by atoms with Gasteiger partial charge in [0.1, 0.15) is 12.4 Å². The van der Waals surface area contributed by atoms with Crippen molar-refractivity contribution in [2.24, 2.45) is 0 Å². The molecule has 0 aliphatic carbocycles. The summed E-state index contributed by atoms with van der Waals surface area (Å²) in [6.07, 6.45) is 0. The number of ether oxygens (including phenoxy) is 3. The van der Waals surface area contributed by atoms with Crippen LogP contribution in [0.4, 0.5) is 5.69 Å². The quantitative estimate of drug-likeness (QED) is 0.737. The fraction of sp³-hybridized carbons (Fsp3) is 0.267. The van der Waals surface area contributed by atoms with Gasteiger partial charge in [-0.2, -0.15) is 5.26 Å². The van der Waals surface area contributed by atoms with Crippen LogP contribution < -0.4 is 4.90 Å². The Morgan fingerprint density at radius 3 is 2.57 bits per heavy atom. The SMILES string of the molecule is COC(=O)C1=C(C(=O)OC)N(c2ccc(C#N)cc2Br)COC1. The number of nitrogens with zero attached hydrogens (tertiary/aromatic N) is 2. The first-order chi connectivity index (χ1) is 11.0. The summed E-state index contributed by atoms with van der Waals surface area (Å²) in [5, 5.41) is 8.93. The third-order valence-corrected chi connectivity index (χ3v) is 3.84. The molecule has 7 nitrogen and oxygen atoms in total. The highest BCUT2D eigenvalue weighted by molar-refractivity contribution is 9.10. The second kappa shape index (κ2) is 7.26. The Morgan fingerprint density at radius 2 is 2.00 bits per heavy atom. The van der Waals surface area contributed by atoms with Gasteiger partial charge in [-0.15, -0.1) is 0 Å². The van der Waals surface area contributed by atoms with Crippen LogP contribution in [-0.4, -0.2) is 39.5 Å². The molecule has 0 saturated carbocycles. The van der Waals surface area contributed by atoms with E-state index in [1.165, 1.54) is 19.1 Å². The molecular formula is C15H13BrN2O5. The van der Waals surface area contributed by atoms with Crippen molar-refractivity contribution in [2.75, 3.05) is 32.5 Å². The molecule has 0 N–H and O–H groups in total. The molecule has 1 aliphatic rings. The summed E-state index contributed by atoms with van der Waals surface area (Å²) in [5.41, 5.74) is 1.14. The Labute approximate surface area is 141 Å². The Hall–Kier alpha value is -2.37. The van der Waals surface area contributed by atoms with Gasteiger partial charge in [-0.1, -0.05) is 0 Å². The molecule has 1 aromatic rings. The fourth-order valence-corrected chi connectivity index (χ4v) is 2.72. The predicted molar refractivity (Wildman–Crippen MR) is 83.2 cm³/mol. The molecule has 0 saturated heterocycles. The number of benzene rings is 1. The number of nitriles is 1. The van der Waals surface area contributed by atoms with Crippen molar-refractivity contribution in [1.29, 1.82) is 5.26 Å². The van der Waals surface area contributed by atoms with E-state index in [1.807, 2.05) is 6.07 Å². The molecule has 120 valence electrons. The van der Waals surface area contributed by atoms with Gasteiger partial charge in [0.05, 0.1) is 43.7 Å². The number of halogens is 1. The molecule has 0 aromatic heterocycles. The van der Waals surface area contributed by atoms with Gasteiger partial charge >= 0.3 is 11.9 Å². The molecule has 1 aliphatic heterocycles. The van der Waals surface area contributed by atoms with Gasteiger partial charge in [-0.25, -0.2) is 9.59 Å². The summed E-state index contributed by atoms with van der Waals surface area (Å²) in [6, 6.07) is 6.88. The third-order valence-electron chi connectivity index (χ3n) is 3.20. The molecule has 0 unspecified atom stereocenters. The molecule has 23 heavy (non-hydrogen) atoms. The molecule has 8 heteroatoms. The van der Waals surface area contributed by atoms with Crippen molar-refractivity contribution in [1.82, 2.24) is 0 Å². The van der Waals surface area contributed by atoms with Crippen molar-refractivity contribution < 1.29 is 23.8 Å². The number of carbonyl (C=O) groups excluding carboxylic acids is 2. The van der Waals surface area contributed by atoms with Crippen LogP contribution in [0.1, 0.15) is 5.56 Å². The van der Waals surface area contributed by atoms with Crippen molar-refractivity contribution in [3.63, 3.8) is 0 Å². The van der Waals surface area contributed by atoms with Gasteiger partial charge < -0.3 is 19.1 Å². The van der Waals surface area contributed by atoms with Crippen LogP contribution in [0.5, 0.6) is 0 Å². The normalized spacial score (nSPS) is 14.3. The average molecular weight is 381 g/mol. The van der Waals surface area contributed by atoms with E-state index in [9.17, 15) is 9.59 Å². The maximum absolute atomic E-state index is 12.2. The molecule has 0 radical (unpaired) electrons. The molecule has 0 amide bonds. The number of hydrogen-bond acceptors (Lipinski definition) is 7. The molecule has 1 heterocycles. The standard InChI is InChI=1S/C15H13BrN2O5/c1-21-14(19)10-7-23-8-18(13(10)15(20)22-2)12-4-3-9(6-17)5-11(12)16/h3-5H,7-8H2,1-2H3. The Morgan fingerprint density at radius 1 is 1.30 bits per heavy atom. The monoisotopic (exact) mass is 380 g/mol. The third kappa shape index (κ3) is 3.36. The summed E-state index contributed by atoms with van der Waals surface area (Å²) in [7, 11) is 2.45. The lowest BCUT2D eigenvalue weighted by molar-refractivity contribution is -0.140. The number of hydrogen-bond donors (Lipinski definition) is 0. The Bertz CT molecular complexity index is 723. The lowest BCUT2D eigenvalue weighted by Gasteiger charge is -2.31. The van der Waals surface area contributed by atoms with E-state index in [4.69, 9.17) is 19.5 Å². The zero-order valence-electron chi connectivity index (χ0n) is 12.5. The minimum absolute atomic E-state index is 0.0510. The van der Waals surface area contributed by atoms with Crippen LogP contribution in [0, 0.1) is 11.3 Å². The largest absolute Gasteiger partial charge is 0.466 e. The highest BCUT2D eigenvalue weighted by Gasteiger charge is 2.33. The number of anilines is 1. The van der Waals surface area contributed by atoms with Crippen LogP contribution in [0.2, 0.25) is 0 Å². The molecular weight excluding hydrogens is 368 g/mol.